The van der Waals surface area contributed by atoms with Gasteiger partial charge in [0.2, 0.25) is 0 Å². The van der Waals surface area contributed by atoms with Gasteiger partial charge in [-0.3, -0.25) is 4.79 Å². The van der Waals surface area contributed by atoms with Crippen LogP contribution in [0.3, 0.4) is 0 Å². The molecule has 0 aliphatic heterocycles. The van der Waals surface area contributed by atoms with E-state index in [0.717, 1.165) is 13.7 Å². The third-order valence-corrected chi connectivity index (χ3v) is 4.40. The average molecular weight is 444 g/mol. The van der Waals surface area contributed by atoms with E-state index in [1.165, 1.54) is 5.56 Å². The molecule has 0 aromatic heterocycles. The van der Waals surface area contributed by atoms with Crippen molar-refractivity contribution < 1.29 is 4.79 Å². The van der Waals surface area contributed by atoms with Crippen molar-refractivity contribution in [1.82, 2.24) is 0 Å². The second-order valence-electron chi connectivity index (χ2n) is 4.86. The molecule has 0 fully saturated rings. The van der Waals surface area contributed by atoms with Crippen LogP contribution in [0.1, 0.15) is 35.7 Å². The number of rotatable bonds is 3. The molecule has 0 atom stereocenters. The lowest BCUT2D eigenvalue weighted by atomic mass is 10.0. The molecule has 0 unspecified atom stereocenters. The molecule has 20 heavy (non-hydrogen) atoms. The van der Waals surface area contributed by atoms with E-state index in [2.05, 4.69) is 57.7 Å². The smallest absolute Gasteiger partial charge is 0.255 e. The summed E-state index contributed by atoms with van der Waals surface area (Å²) in [5.74, 6) is 0.389. The molecule has 1 amide bonds. The molecule has 0 aliphatic rings. The summed E-state index contributed by atoms with van der Waals surface area (Å²) < 4.78 is 2.00. The summed E-state index contributed by atoms with van der Waals surface area (Å²) in [5, 5.41) is 2.94. The van der Waals surface area contributed by atoms with Crippen molar-refractivity contribution in [3.05, 3.63) is 61.6 Å². The zero-order valence-corrected chi connectivity index (χ0v) is 15.0. The number of nitrogens with one attached hydrogen (secondary N) is 1. The highest BCUT2D eigenvalue weighted by atomic mass is 127. The van der Waals surface area contributed by atoms with Gasteiger partial charge in [-0.05, 0) is 64.4 Å². The molecule has 4 heteroatoms. The molecule has 0 radical (unpaired) electrons. The van der Waals surface area contributed by atoms with E-state index in [1.807, 2.05) is 42.5 Å². The fourth-order valence-electron chi connectivity index (χ4n) is 1.80. The third kappa shape index (κ3) is 3.82. The predicted molar refractivity (Wildman–Crippen MR) is 95.3 cm³/mol. The Labute approximate surface area is 141 Å². The van der Waals surface area contributed by atoms with Crippen LogP contribution >= 0.6 is 38.5 Å². The maximum Gasteiger partial charge on any atom is 0.255 e. The van der Waals surface area contributed by atoms with Crippen molar-refractivity contribution >= 4 is 50.1 Å². The molecule has 104 valence electrons. The van der Waals surface area contributed by atoms with Crippen LogP contribution in [0.5, 0.6) is 0 Å². The molecule has 2 rings (SSSR count). The minimum absolute atomic E-state index is 0.0828. The average Bonchev–Trinajstić information content (AvgIpc) is 2.42. The van der Waals surface area contributed by atoms with Gasteiger partial charge in [-0.25, -0.2) is 0 Å². The van der Waals surface area contributed by atoms with Gasteiger partial charge in [-0.2, -0.15) is 0 Å². The number of hydrogen-bond acceptors (Lipinski definition) is 1. The third-order valence-electron chi connectivity index (χ3n) is 3.02. The molecule has 1 N–H and O–H groups in total. The number of carbonyl (C=O) groups is 1. The van der Waals surface area contributed by atoms with Crippen molar-refractivity contribution in [3.63, 3.8) is 0 Å². The largest absolute Gasteiger partial charge is 0.321 e. The predicted octanol–water partition coefficient (Wildman–Crippen LogP) is 5.43. The van der Waals surface area contributed by atoms with Gasteiger partial charge in [-0.15, -0.1) is 0 Å². The van der Waals surface area contributed by atoms with Gasteiger partial charge in [0.05, 0.1) is 5.69 Å². The fourth-order valence-corrected chi connectivity index (χ4v) is 3.24. The summed E-state index contributed by atoms with van der Waals surface area (Å²) in [5.41, 5.74) is 2.74. The molecule has 2 aromatic carbocycles. The highest BCUT2D eigenvalue weighted by molar-refractivity contribution is 14.1. The zero-order chi connectivity index (χ0) is 14.7. The molecule has 2 aromatic rings. The number of carbonyl (C=O) groups excluding carboxylic acids is 1. The lowest BCUT2D eigenvalue weighted by Crippen LogP contribution is -2.12. The Morgan fingerprint density at radius 2 is 1.80 bits per heavy atom. The highest BCUT2D eigenvalue weighted by Gasteiger charge is 2.09. The van der Waals surface area contributed by atoms with Gasteiger partial charge >= 0.3 is 0 Å². The molecule has 0 saturated heterocycles. The fraction of sp³-hybridized carbons (Fsp3) is 0.188. The van der Waals surface area contributed by atoms with Gasteiger partial charge in [-0.1, -0.05) is 41.9 Å². The molecule has 0 saturated carbocycles. The van der Waals surface area contributed by atoms with Crippen LogP contribution in [-0.2, 0) is 0 Å². The van der Waals surface area contributed by atoms with Gasteiger partial charge in [0.15, 0.2) is 0 Å². The van der Waals surface area contributed by atoms with Crippen LogP contribution in [0.2, 0.25) is 0 Å². The highest BCUT2D eigenvalue weighted by Crippen LogP contribution is 2.23. The Hall–Kier alpha value is -0.880. The molecule has 0 bridgehead atoms. The summed E-state index contributed by atoms with van der Waals surface area (Å²) in [6.07, 6.45) is 0. The lowest BCUT2D eigenvalue weighted by Gasteiger charge is -2.09. The number of anilines is 1. The molecular weight excluding hydrogens is 429 g/mol. The Morgan fingerprint density at radius 1 is 1.15 bits per heavy atom. The minimum atomic E-state index is -0.0828. The SMILES string of the molecule is CC(C)c1ccc(C(=O)Nc2ccc(Br)cc2I)cc1. The topological polar surface area (TPSA) is 29.1 Å². The normalized spacial score (nSPS) is 10.7. The van der Waals surface area contributed by atoms with Crippen molar-refractivity contribution in [3.8, 4) is 0 Å². The molecule has 0 heterocycles. The van der Waals surface area contributed by atoms with Gasteiger partial charge < -0.3 is 5.32 Å². The summed E-state index contributed by atoms with van der Waals surface area (Å²) in [6, 6.07) is 13.5. The van der Waals surface area contributed by atoms with E-state index in [-0.39, 0.29) is 5.91 Å². The Bertz CT molecular complexity index is 623. The molecular formula is C16H15BrINO. The number of benzene rings is 2. The van der Waals surface area contributed by atoms with Crippen LogP contribution < -0.4 is 5.32 Å². The Morgan fingerprint density at radius 3 is 2.35 bits per heavy atom. The van der Waals surface area contributed by atoms with Crippen molar-refractivity contribution in [1.29, 1.82) is 0 Å². The van der Waals surface area contributed by atoms with E-state index >= 15 is 0 Å². The van der Waals surface area contributed by atoms with Crippen LogP contribution in [0, 0.1) is 3.57 Å². The van der Waals surface area contributed by atoms with Gasteiger partial charge in [0, 0.05) is 13.6 Å². The van der Waals surface area contributed by atoms with Crippen LogP contribution in [0.15, 0.2) is 46.9 Å². The Balaban J connectivity index is 2.15. The summed E-state index contributed by atoms with van der Waals surface area (Å²) in [4.78, 5) is 12.2. The van der Waals surface area contributed by atoms with Crippen molar-refractivity contribution in [2.24, 2.45) is 0 Å². The quantitative estimate of drug-likeness (QED) is 0.629. The van der Waals surface area contributed by atoms with E-state index < -0.39 is 0 Å². The summed E-state index contributed by atoms with van der Waals surface area (Å²) >= 11 is 5.62. The minimum Gasteiger partial charge on any atom is -0.321 e. The van der Waals surface area contributed by atoms with Crippen molar-refractivity contribution in [2.75, 3.05) is 5.32 Å². The van der Waals surface area contributed by atoms with Crippen LogP contribution in [0.25, 0.3) is 0 Å². The standard InChI is InChI=1S/C16H15BrINO/c1-10(2)11-3-5-12(6-4-11)16(20)19-15-8-7-13(17)9-14(15)18/h3-10H,1-2H3,(H,19,20). The summed E-state index contributed by atoms with van der Waals surface area (Å²) in [6.45, 7) is 4.28. The van der Waals surface area contributed by atoms with E-state index in [0.29, 0.717) is 11.5 Å². The summed E-state index contributed by atoms with van der Waals surface area (Å²) in [7, 11) is 0. The van der Waals surface area contributed by atoms with Crippen LogP contribution in [0.4, 0.5) is 5.69 Å². The molecule has 2 nitrogen and oxygen atoms in total. The number of hydrogen-bond donors (Lipinski definition) is 1. The van der Waals surface area contributed by atoms with Crippen molar-refractivity contribution in [2.45, 2.75) is 19.8 Å². The van der Waals surface area contributed by atoms with E-state index in [9.17, 15) is 4.79 Å². The number of halogens is 2. The molecule has 0 aliphatic carbocycles. The monoisotopic (exact) mass is 443 g/mol. The first-order valence-electron chi connectivity index (χ1n) is 6.33. The second kappa shape index (κ2) is 6.72. The maximum atomic E-state index is 12.2. The zero-order valence-electron chi connectivity index (χ0n) is 11.3. The van der Waals surface area contributed by atoms with Crippen LogP contribution in [-0.4, -0.2) is 5.91 Å². The first kappa shape index (κ1) is 15.5. The number of amides is 1. The lowest BCUT2D eigenvalue weighted by molar-refractivity contribution is 0.102. The van der Waals surface area contributed by atoms with Gasteiger partial charge in [0.25, 0.3) is 5.91 Å². The second-order valence-corrected chi connectivity index (χ2v) is 6.93. The van der Waals surface area contributed by atoms with E-state index in [4.69, 9.17) is 0 Å². The van der Waals surface area contributed by atoms with Gasteiger partial charge in [0.1, 0.15) is 0 Å². The molecule has 0 spiro atoms. The van der Waals surface area contributed by atoms with E-state index in [1.54, 1.807) is 0 Å². The Kier molecular flexibility index (Phi) is 5.21. The maximum absolute atomic E-state index is 12.2. The first-order valence-corrected chi connectivity index (χ1v) is 8.21. The first-order chi connectivity index (χ1) is 9.47.